The van der Waals surface area contributed by atoms with Crippen molar-refractivity contribution in [3.05, 3.63) is 71.9 Å². The van der Waals surface area contributed by atoms with Crippen LogP contribution in [-0.4, -0.2) is 74.8 Å². The average Bonchev–Trinajstić information content (AvgIpc) is 2.94. The monoisotopic (exact) mass is 568 g/mol. The summed E-state index contributed by atoms with van der Waals surface area (Å²) in [6.07, 6.45) is 1.67. The van der Waals surface area contributed by atoms with Crippen molar-refractivity contribution in [2.45, 2.75) is 64.4 Å². The van der Waals surface area contributed by atoms with Gasteiger partial charge in [-0.15, -0.1) is 13.2 Å². The molecular formula is C30H35F3N6O2. The number of nitrogens with zero attached hydrogens (tertiary/aromatic N) is 6. The lowest BCUT2D eigenvalue weighted by atomic mass is 9.85. The van der Waals surface area contributed by atoms with Crippen LogP contribution >= 0.6 is 0 Å². The van der Waals surface area contributed by atoms with E-state index in [4.69, 9.17) is 0 Å². The Morgan fingerprint density at radius 3 is 2.12 bits per heavy atom. The number of alkyl halides is 3. The number of pyridine rings is 1. The Hall–Kier alpha value is -3.73. The second kappa shape index (κ2) is 11.6. The summed E-state index contributed by atoms with van der Waals surface area (Å²) >= 11 is 0. The van der Waals surface area contributed by atoms with Gasteiger partial charge < -0.3 is 14.5 Å². The number of hydrogen-bond acceptors (Lipinski definition) is 7. The molecule has 41 heavy (non-hydrogen) atoms. The molecule has 11 heteroatoms. The minimum Gasteiger partial charge on any atom is -0.388 e. The summed E-state index contributed by atoms with van der Waals surface area (Å²) in [5.41, 5.74) is 3.68. The van der Waals surface area contributed by atoms with Crippen LogP contribution in [0.2, 0.25) is 0 Å². The standard InChI is InChI=1S/C30H35F3N6O2/c1-21-27(22(2)36-20-35-21)28(40)37-17-13-29(3,14-18-37)38-15-11-24(12-16-38)39(23-7-5-4-6-8-23)25-9-10-26(34-19-25)41-30(31,32)33/h4-10,19-20,24H,11-18H2,1-3H3. The fourth-order valence-electron chi connectivity index (χ4n) is 6.09. The summed E-state index contributed by atoms with van der Waals surface area (Å²) in [5, 5.41) is 0. The number of carbonyl (C=O) groups excluding carboxylic acids is 1. The molecule has 1 amide bonds. The first-order valence-corrected chi connectivity index (χ1v) is 13.9. The molecule has 218 valence electrons. The van der Waals surface area contributed by atoms with E-state index in [1.54, 1.807) is 6.07 Å². The normalized spacial score (nSPS) is 18.2. The predicted octanol–water partition coefficient (Wildman–Crippen LogP) is 5.68. The lowest BCUT2D eigenvalue weighted by Crippen LogP contribution is -2.58. The number of carbonyl (C=O) groups is 1. The van der Waals surface area contributed by atoms with E-state index in [0.29, 0.717) is 30.0 Å². The third-order valence-corrected chi connectivity index (χ3v) is 8.41. The Labute approximate surface area is 238 Å². The van der Waals surface area contributed by atoms with Gasteiger partial charge >= 0.3 is 6.36 Å². The summed E-state index contributed by atoms with van der Waals surface area (Å²) < 4.78 is 41.9. The molecule has 0 saturated carbocycles. The van der Waals surface area contributed by atoms with Crippen LogP contribution in [0.25, 0.3) is 0 Å². The van der Waals surface area contributed by atoms with Crippen LogP contribution in [0.1, 0.15) is 54.4 Å². The summed E-state index contributed by atoms with van der Waals surface area (Å²) in [6.45, 7) is 9.10. The number of aryl methyl sites for hydroxylation is 2. The van der Waals surface area contributed by atoms with E-state index in [2.05, 4.69) is 36.4 Å². The smallest absolute Gasteiger partial charge is 0.388 e. The molecule has 2 fully saturated rings. The molecule has 0 N–H and O–H groups in total. The topological polar surface area (TPSA) is 74.7 Å². The van der Waals surface area contributed by atoms with Gasteiger partial charge in [0.05, 0.1) is 28.8 Å². The summed E-state index contributed by atoms with van der Waals surface area (Å²) in [5.74, 6) is -0.480. The van der Waals surface area contributed by atoms with Gasteiger partial charge in [0.15, 0.2) is 0 Å². The third kappa shape index (κ3) is 6.45. The van der Waals surface area contributed by atoms with Gasteiger partial charge in [0, 0.05) is 49.5 Å². The molecule has 2 saturated heterocycles. The lowest BCUT2D eigenvalue weighted by Gasteiger charge is -2.50. The molecule has 5 rings (SSSR count). The zero-order valence-electron chi connectivity index (χ0n) is 23.6. The molecule has 2 aliphatic heterocycles. The SMILES string of the molecule is Cc1ncnc(C)c1C(=O)N1CCC(C)(N2CCC(N(c3ccccc3)c3ccc(OC(F)(F)F)nc3)CC2)CC1. The molecule has 0 radical (unpaired) electrons. The van der Waals surface area contributed by atoms with Crippen LogP contribution in [0.5, 0.6) is 5.88 Å². The number of anilines is 2. The van der Waals surface area contributed by atoms with Crippen LogP contribution in [0.3, 0.4) is 0 Å². The van der Waals surface area contributed by atoms with Crippen molar-refractivity contribution < 1.29 is 22.7 Å². The number of aromatic nitrogens is 3. The highest BCUT2D eigenvalue weighted by Crippen LogP contribution is 2.37. The number of benzene rings is 1. The number of hydrogen-bond donors (Lipinski definition) is 0. The van der Waals surface area contributed by atoms with Crippen LogP contribution in [0, 0.1) is 13.8 Å². The van der Waals surface area contributed by atoms with E-state index in [-0.39, 0.29) is 17.5 Å². The van der Waals surface area contributed by atoms with Gasteiger partial charge in [-0.25, -0.2) is 15.0 Å². The first-order chi connectivity index (χ1) is 19.5. The third-order valence-electron chi connectivity index (χ3n) is 8.41. The van der Waals surface area contributed by atoms with Crippen molar-refractivity contribution >= 4 is 17.3 Å². The first kappa shape index (κ1) is 28.8. The number of likely N-dealkylation sites (tertiary alicyclic amines) is 2. The summed E-state index contributed by atoms with van der Waals surface area (Å²) in [4.78, 5) is 32.2. The van der Waals surface area contributed by atoms with Gasteiger partial charge in [-0.2, -0.15) is 0 Å². The molecule has 2 aliphatic rings. The van der Waals surface area contributed by atoms with Crippen LogP contribution < -0.4 is 9.64 Å². The average molecular weight is 569 g/mol. The molecule has 0 atom stereocenters. The molecular weight excluding hydrogens is 533 g/mol. The van der Waals surface area contributed by atoms with Crippen LogP contribution in [0.4, 0.5) is 24.5 Å². The molecule has 4 heterocycles. The predicted molar refractivity (Wildman–Crippen MR) is 149 cm³/mol. The number of halogens is 3. The Bertz CT molecular complexity index is 1320. The maximum Gasteiger partial charge on any atom is 0.574 e. The Balaban J connectivity index is 1.24. The Kier molecular flexibility index (Phi) is 8.17. The summed E-state index contributed by atoms with van der Waals surface area (Å²) in [6, 6.07) is 12.9. The number of para-hydroxylation sites is 1. The second-order valence-corrected chi connectivity index (χ2v) is 11.0. The zero-order chi connectivity index (χ0) is 29.2. The zero-order valence-corrected chi connectivity index (χ0v) is 23.6. The second-order valence-electron chi connectivity index (χ2n) is 11.0. The highest BCUT2D eigenvalue weighted by Gasteiger charge is 2.40. The van der Waals surface area contributed by atoms with Gasteiger partial charge in [-0.05, 0) is 64.7 Å². The van der Waals surface area contributed by atoms with Crippen LogP contribution in [-0.2, 0) is 0 Å². The molecule has 0 aliphatic carbocycles. The Morgan fingerprint density at radius 2 is 1.56 bits per heavy atom. The lowest BCUT2D eigenvalue weighted by molar-refractivity contribution is -0.276. The van der Waals surface area contributed by atoms with Crippen molar-refractivity contribution in [2.24, 2.45) is 0 Å². The molecule has 3 aromatic rings. The molecule has 2 aromatic heterocycles. The van der Waals surface area contributed by atoms with Crippen molar-refractivity contribution in [1.29, 1.82) is 0 Å². The largest absolute Gasteiger partial charge is 0.574 e. The van der Waals surface area contributed by atoms with E-state index in [1.165, 1.54) is 18.6 Å². The molecule has 0 spiro atoms. The molecule has 8 nitrogen and oxygen atoms in total. The fourth-order valence-corrected chi connectivity index (χ4v) is 6.09. The van der Waals surface area contributed by atoms with Gasteiger partial charge in [0.2, 0.25) is 5.88 Å². The first-order valence-electron chi connectivity index (χ1n) is 13.9. The maximum absolute atomic E-state index is 13.3. The van der Waals surface area contributed by atoms with Gasteiger partial charge in [-0.1, -0.05) is 18.2 Å². The highest BCUT2D eigenvalue weighted by molar-refractivity contribution is 5.96. The highest BCUT2D eigenvalue weighted by atomic mass is 19.4. The van der Waals surface area contributed by atoms with Gasteiger partial charge in [0.25, 0.3) is 5.91 Å². The summed E-state index contributed by atoms with van der Waals surface area (Å²) in [7, 11) is 0. The van der Waals surface area contributed by atoms with E-state index in [9.17, 15) is 18.0 Å². The number of ether oxygens (including phenoxy) is 1. The van der Waals surface area contributed by atoms with E-state index < -0.39 is 12.2 Å². The molecule has 0 bridgehead atoms. The van der Waals surface area contributed by atoms with Gasteiger partial charge in [-0.3, -0.25) is 9.69 Å². The van der Waals surface area contributed by atoms with E-state index in [1.807, 2.05) is 49.1 Å². The van der Waals surface area contributed by atoms with Crippen molar-refractivity contribution in [3.63, 3.8) is 0 Å². The number of rotatable bonds is 6. The van der Waals surface area contributed by atoms with Crippen molar-refractivity contribution in [2.75, 3.05) is 31.1 Å². The Morgan fingerprint density at radius 1 is 0.927 bits per heavy atom. The van der Waals surface area contributed by atoms with Crippen molar-refractivity contribution in [1.82, 2.24) is 24.8 Å². The van der Waals surface area contributed by atoms with E-state index >= 15 is 0 Å². The quantitative estimate of drug-likeness (QED) is 0.379. The van der Waals surface area contributed by atoms with Crippen molar-refractivity contribution in [3.8, 4) is 5.88 Å². The molecule has 1 aromatic carbocycles. The van der Waals surface area contributed by atoms with Crippen LogP contribution in [0.15, 0.2) is 55.0 Å². The maximum atomic E-state index is 13.3. The number of amides is 1. The molecule has 0 unspecified atom stereocenters. The van der Waals surface area contributed by atoms with E-state index in [0.717, 1.165) is 50.1 Å². The minimum absolute atomic E-state index is 0.000114. The fraction of sp³-hybridized carbons (Fsp3) is 0.467. The van der Waals surface area contributed by atoms with Gasteiger partial charge in [0.1, 0.15) is 6.33 Å². The number of piperidine rings is 2. The minimum atomic E-state index is -4.78.